The summed E-state index contributed by atoms with van der Waals surface area (Å²) in [6.45, 7) is 5.09. The summed E-state index contributed by atoms with van der Waals surface area (Å²) < 4.78 is 0. The number of aliphatic hydroxyl groups is 1. The molecule has 6 heteroatoms. The average Bonchev–Trinajstić information content (AvgIpc) is 3.06. The van der Waals surface area contributed by atoms with Gasteiger partial charge in [-0.3, -0.25) is 5.10 Å². The number of β-amino-alcohol motifs (C(OH)–C–C–N with tert-alkyl or cyclic N) is 1. The second-order valence-electron chi connectivity index (χ2n) is 6.42. The van der Waals surface area contributed by atoms with Crippen LogP contribution in [0.3, 0.4) is 0 Å². The lowest BCUT2D eigenvalue weighted by Gasteiger charge is -2.31. The maximum absolute atomic E-state index is 9.00. The van der Waals surface area contributed by atoms with Crippen molar-refractivity contribution >= 4 is 11.6 Å². The van der Waals surface area contributed by atoms with Crippen molar-refractivity contribution in [2.75, 3.05) is 32.8 Å². The molecular weight excluding hydrogens is 324 g/mol. The molecule has 1 aromatic carbocycles. The van der Waals surface area contributed by atoms with Crippen LogP contribution in [0.4, 0.5) is 0 Å². The Morgan fingerprint density at radius 1 is 1.25 bits per heavy atom. The first-order valence-electron chi connectivity index (χ1n) is 8.58. The molecule has 2 aromatic rings. The molecule has 0 atom stereocenters. The van der Waals surface area contributed by atoms with Crippen molar-refractivity contribution in [3.63, 3.8) is 0 Å². The van der Waals surface area contributed by atoms with Crippen molar-refractivity contribution in [3.05, 3.63) is 41.0 Å². The van der Waals surface area contributed by atoms with Gasteiger partial charge in [0.1, 0.15) is 0 Å². The largest absolute Gasteiger partial charge is 0.395 e. The highest BCUT2D eigenvalue weighted by molar-refractivity contribution is 6.30. The molecule has 1 aromatic heterocycles. The van der Waals surface area contributed by atoms with E-state index in [1.54, 1.807) is 0 Å². The van der Waals surface area contributed by atoms with Crippen LogP contribution in [0.2, 0.25) is 5.02 Å². The lowest BCUT2D eigenvalue weighted by atomic mass is 9.96. The monoisotopic (exact) mass is 348 g/mol. The molecule has 0 saturated carbocycles. The molecule has 0 spiro atoms. The minimum atomic E-state index is 0.261. The first-order chi connectivity index (χ1) is 11.8. The topological polar surface area (TPSA) is 64.2 Å². The van der Waals surface area contributed by atoms with Crippen LogP contribution in [-0.4, -0.2) is 53.0 Å². The number of halogens is 1. The van der Waals surface area contributed by atoms with Crippen LogP contribution in [0.5, 0.6) is 0 Å². The summed E-state index contributed by atoms with van der Waals surface area (Å²) in [5, 5.41) is 20.6. The number of H-pyrrole nitrogens is 1. The number of aliphatic hydroxyl groups excluding tert-OH is 1. The Labute approximate surface area is 148 Å². The molecule has 0 radical (unpaired) electrons. The molecule has 130 valence electrons. The van der Waals surface area contributed by atoms with Crippen LogP contribution in [0, 0.1) is 5.92 Å². The van der Waals surface area contributed by atoms with Gasteiger partial charge in [0.05, 0.1) is 18.5 Å². The average molecular weight is 349 g/mol. The first-order valence-corrected chi connectivity index (χ1v) is 8.96. The van der Waals surface area contributed by atoms with Crippen LogP contribution >= 0.6 is 11.6 Å². The van der Waals surface area contributed by atoms with Crippen molar-refractivity contribution in [1.82, 2.24) is 20.4 Å². The quantitative estimate of drug-likeness (QED) is 0.719. The van der Waals surface area contributed by atoms with Gasteiger partial charge in [0.25, 0.3) is 0 Å². The third-order valence-corrected chi connectivity index (χ3v) is 4.97. The summed E-state index contributed by atoms with van der Waals surface area (Å²) in [6, 6.07) is 7.82. The van der Waals surface area contributed by atoms with Crippen molar-refractivity contribution < 1.29 is 5.11 Å². The number of aromatic amines is 1. The number of rotatable bonds is 7. The highest BCUT2D eigenvalue weighted by Crippen LogP contribution is 2.23. The van der Waals surface area contributed by atoms with E-state index in [0.717, 1.165) is 49.0 Å². The van der Waals surface area contributed by atoms with Crippen LogP contribution in [-0.2, 0) is 6.54 Å². The maximum Gasteiger partial charge on any atom is 0.0695 e. The zero-order valence-corrected chi connectivity index (χ0v) is 14.6. The fourth-order valence-corrected chi connectivity index (χ4v) is 3.40. The normalized spacial score (nSPS) is 16.6. The third-order valence-electron chi connectivity index (χ3n) is 4.72. The molecule has 5 nitrogen and oxygen atoms in total. The number of likely N-dealkylation sites (tertiary alicyclic amines) is 1. The van der Waals surface area contributed by atoms with Gasteiger partial charge in [-0.1, -0.05) is 23.7 Å². The molecule has 3 N–H and O–H groups in total. The summed E-state index contributed by atoms with van der Waals surface area (Å²) >= 11 is 5.96. The van der Waals surface area contributed by atoms with E-state index >= 15 is 0 Å². The highest BCUT2D eigenvalue weighted by atomic mass is 35.5. The molecule has 1 aliphatic heterocycles. The predicted octanol–water partition coefficient (Wildman–Crippen LogP) is 2.52. The Morgan fingerprint density at radius 3 is 2.71 bits per heavy atom. The van der Waals surface area contributed by atoms with E-state index in [2.05, 4.69) is 20.4 Å². The summed E-state index contributed by atoms with van der Waals surface area (Å²) in [5.41, 5.74) is 3.33. The molecule has 1 saturated heterocycles. The fraction of sp³-hybridized carbons (Fsp3) is 0.500. The molecule has 0 unspecified atom stereocenters. The van der Waals surface area contributed by atoms with Gasteiger partial charge < -0.3 is 15.3 Å². The van der Waals surface area contributed by atoms with E-state index in [-0.39, 0.29) is 6.61 Å². The van der Waals surface area contributed by atoms with Gasteiger partial charge in [-0.25, -0.2) is 0 Å². The molecule has 24 heavy (non-hydrogen) atoms. The van der Waals surface area contributed by atoms with E-state index in [1.807, 2.05) is 30.5 Å². The molecule has 2 heterocycles. The van der Waals surface area contributed by atoms with E-state index in [0.29, 0.717) is 5.92 Å². The smallest absolute Gasteiger partial charge is 0.0695 e. The zero-order chi connectivity index (χ0) is 16.8. The van der Waals surface area contributed by atoms with Crippen molar-refractivity contribution in [1.29, 1.82) is 0 Å². The summed E-state index contributed by atoms with van der Waals surface area (Å²) in [7, 11) is 0. The van der Waals surface area contributed by atoms with Gasteiger partial charge in [-0.15, -0.1) is 0 Å². The van der Waals surface area contributed by atoms with Gasteiger partial charge >= 0.3 is 0 Å². The van der Waals surface area contributed by atoms with Crippen molar-refractivity contribution in [3.8, 4) is 11.3 Å². The lowest BCUT2D eigenvalue weighted by Crippen LogP contribution is -2.38. The number of piperidine rings is 1. The summed E-state index contributed by atoms with van der Waals surface area (Å²) in [6.07, 6.45) is 4.28. The SMILES string of the molecule is OCCN1CCC(CNCc2cn[nH]c2-c2ccc(Cl)cc2)CC1. The summed E-state index contributed by atoms with van der Waals surface area (Å²) in [5.74, 6) is 0.714. The van der Waals surface area contributed by atoms with E-state index in [1.165, 1.54) is 18.4 Å². The number of nitrogens with zero attached hydrogens (tertiary/aromatic N) is 2. The van der Waals surface area contributed by atoms with Crippen LogP contribution < -0.4 is 5.32 Å². The minimum absolute atomic E-state index is 0.261. The Hall–Kier alpha value is -1.40. The second-order valence-corrected chi connectivity index (χ2v) is 6.85. The van der Waals surface area contributed by atoms with E-state index < -0.39 is 0 Å². The predicted molar refractivity (Wildman–Crippen MR) is 97.0 cm³/mol. The minimum Gasteiger partial charge on any atom is -0.395 e. The lowest BCUT2D eigenvalue weighted by molar-refractivity contribution is 0.146. The molecule has 1 aliphatic rings. The molecule has 0 aliphatic carbocycles. The summed E-state index contributed by atoms with van der Waals surface area (Å²) in [4.78, 5) is 2.34. The maximum atomic E-state index is 9.00. The number of hydrogen-bond acceptors (Lipinski definition) is 4. The molecule has 0 amide bonds. The van der Waals surface area contributed by atoms with Crippen LogP contribution in [0.15, 0.2) is 30.5 Å². The van der Waals surface area contributed by atoms with Gasteiger partial charge in [-0.05, 0) is 56.1 Å². The number of hydrogen-bond donors (Lipinski definition) is 3. The van der Waals surface area contributed by atoms with E-state index in [4.69, 9.17) is 16.7 Å². The van der Waals surface area contributed by atoms with Gasteiger partial charge in [0.15, 0.2) is 0 Å². The standard InChI is InChI=1S/C18H25ClN4O/c19-17-3-1-15(2-4-17)18-16(13-21-22-18)12-20-11-14-5-7-23(8-6-14)9-10-24/h1-4,13-14,20,24H,5-12H2,(H,21,22). The zero-order valence-electron chi connectivity index (χ0n) is 13.8. The number of aromatic nitrogens is 2. The van der Waals surface area contributed by atoms with E-state index in [9.17, 15) is 0 Å². The highest BCUT2D eigenvalue weighted by Gasteiger charge is 2.18. The number of nitrogens with one attached hydrogen (secondary N) is 2. The number of benzene rings is 1. The van der Waals surface area contributed by atoms with Crippen LogP contribution in [0.1, 0.15) is 18.4 Å². The Bertz CT molecular complexity index is 620. The Kier molecular flexibility index (Phi) is 6.26. The van der Waals surface area contributed by atoms with Gasteiger partial charge in [-0.2, -0.15) is 5.10 Å². The Morgan fingerprint density at radius 2 is 2.00 bits per heavy atom. The molecular formula is C18H25ClN4O. The molecule has 1 fully saturated rings. The first kappa shape index (κ1) is 17.4. The van der Waals surface area contributed by atoms with Crippen LogP contribution in [0.25, 0.3) is 11.3 Å². The molecule has 3 rings (SSSR count). The van der Waals surface area contributed by atoms with Crippen molar-refractivity contribution in [2.45, 2.75) is 19.4 Å². The second kappa shape index (κ2) is 8.62. The molecule has 0 bridgehead atoms. The van der Waals surface area contributed by atoms with Crippen molar-refractivity contribution in [2.24, 2.45) is 5.92 Å². The third kappa shape index (κ3) is 4.57. The van der Waals surface area contributed by atoms with Gasteiger partial charge in [0, 0.05) is 23.7 Å². The van der Waals surface area contributed by atoms with Gasteiger partial charge in [0.2, 0.25) is 0 Å². The Balaban J connectivity index is 1.48. The fourth-order valence-electron chi connectivity index (χ4n) is 3.28.